The van der Waals surface area contributed by atoms with Crippen molar-refractivity contribution in [2.24, 2.45) is 5.92 Å². The summed E-state index contributed by atoms with van der Waals surface area (Å²) in [6.07, 6.45) is 2.70. The zero-order valence-corrected chi connectivity index (χ0v) is 12.7. The smallest absolute Gasteiger partial charge is 0.0291 e. The Kier molecular flexibility index (Phi) is 5.41. The highest BCUT2D eigenvalue weighted by Crippen LogP contribution is 2.18. The molecule has 106 valence electrons. The predicted molar refractivity (Wildman–Crippen MR) is 82.4 cm³/mol. The molecule has 1 atom stereocenters. The number of nitrogens with zero attached hydrogens (tertiary/aromatic N) is 1. The van der Waals surface area contributed by atoms with Crippen LogP contribution < -0.4 is 5.32 Å². The summed E-state index contributed by atoms with van der Waals surface area (Å²) in [5, 5.41) is 3.70. The first-order valence-electron chi connectivity index (χ1n) is 7.71. The van der Waals surface area contributed by atoms with Crippen LogP contribution in [0.2, 0.25) is 0 Å². The molecule has 1 aliphatic rings. The Bertz CT molecular complexity index is 363. The van der Waals surface area contributed by atoms with Gasteiger partial charge in [-0.3, -0.25) is 0 Å². The Morgan fingerprint density at radius 2 is 1.84 bits per heavy atom. The monoisotopic (exact) mass is 260 g/mol. The third kappa shape index (κ3) is 4.32. The first-order valence-corrected chi connectivity index (χ1v) is 7.71. The van der Waals surface area contributed by atoms with Crippen LogP contribution in [0.1, 0.15) is 43.9 Å². The number of aryl methyl sites for hydroxylation is 1. The number of benzene rings is 1. The maximum atomic E-state index is 3.70. The van der Waals surface area contributed by atoms with Crippen molar-refractivity contribution >= 4 is 0 Å². The van der Waals surface area contributed by atoms with Crippen molar-refractivity contribution in [2.75, 3.05) is 26.2 Å². The van der Waals surface area contributed by atoms with E-state index in [9.17, 15) is 0 Å². The molecule has 0 spiro atoms. The number of likely N-dealkylation sites (tertiary alicyclic amines) is 1. The van der Waals surface area contributed by atoms with Crippen molar-refractivity contribution < 1.29 is 0 Å². The van der Waals surface area contributed by atoms with Crippen molar-refractivity contribution in [3.63, 3.8) is 0 Å². The SMILES string of the molecule is CCN1CCC(CNC(C)c2ccc(C)cc2)CC1. The Balaban J connectivity index is 1.75. The average molecular weight is 260 g/mol. The van der Waals surface area contributed by atoms with Crippen molar-refractivity contribution in [1.29, 1.82) is 0 Å². The van der Waals surface area contributed by atoms with Gasteiger partial charge in [-0.05, 0) is 64.3 Å². The van der Waals surface area contributed by atoms with Crippen LogP contribution in [0.4, 0.5) is 0 Å². The van der Waals surface area contributed by atoms with Crippen LogP contribution in [0, 0.1) is 12.8 Å². The van der Waals surface area contributed by atoms with Gasteiger partial charge in [0.15, 0.2) is 0 Å². The van der Waals surface area contributed by atoms with E-state index >= 15 is 0 Å². The molecule has 1 aromatic carbocycles. The summed E-state index contributed by atoms with van der Waals surface area (Å²) in [7, 11) is 0. The molecule has 19 heavy (non-hydrogen) atoms. The van der Waals surface area contributed by atoms with Crippen molar-refractivity contribution in [3.05, 3.63) is 35.4 Å². The van der Waals surface area contributed by atoms with Gasteiger partial charge in [0.1, 0.15) is 0 Å². The molecule has 1 saturated heterocycles. The molecule has 0 aliphatic carbocycles. The Labute approximate surface area is 118 Å². The summed E-state index contributed by atoms with van der Waals surface area (Å²) in [5.41, 5.74) is 2.74. The highest BCUT2D eigenvalue weighted by molar-refractivity contribution is 5.23. The van der Waals surface area contributed by atoms with E-state index < -0.39 is 0 Å². The van der Waals surface area contributed by atoms with Gasteiger partial charge in [-0.15, -0.1) is 0 Å². The fraction of sp³-hybridized carbons (Fsp3) is 0.647. The lowest BCUT2D eigenvalue weighted by molar-refractivity contribution is 0.188. The molecule has 2 nitrogen and oxygen atoms in total. The molecule has 1 N–H and O–H groups in total. The molecule has 0 amide bonds. The van der Waals surface area contributed by atoms with Crippen LogP contribution in [-0.2, 0) is 0 Å². The molecule has 0 saturated carbocycles. The van der Waals surface area contributed by atoms with E-state index in [1.165, 1.54) is 43.6 Å². The first-order chi connectivity index (χ1) is 9.19. The van der Waals surface area contributed by atoms with E-state index in [4.69, 9.17) is 0 Å². The van der Waals surface area contributed by atoms with Gasteiger partial charge < -0.3 is 10.2 Å². The van der Waals surface area contributed by atoms with E-state index in [1.807, 2.05) is 0 Å². The number of hydrogen-bond donors (Lipinski definition) is 1. The summed E-state index contributed by atoms with van der Waals surface area (Å²) in [5.74, 6) is 0.857. The lowest BCUT2D eigenvalue weighted by atomic mass is 9.96. The lowest BCUT2D eigenvalue weighted by Crippen LogP contribution is -2.37. The van der Waals surface area contributed by atoms with Crippen molar-refractivity contribution in [2.45, 2.75) is 39.7 Å². The quantitative estimate of drug-likeness (QED) is 0.873. The van der Waals surface area contributed by atoms with Crippen LogP contribution in [0.25, 0.3) is 0 Å². The molecule has 1 unspecified atom stereocenters. The number of piperidine rings is 1. The van der Waals surface area contributed by atoms with E-state index in [1.54, 1.807) is 0 Å². The molecule has 0 bridgehead atoms. The topological polar surface area (TPSA) is 15.3 Å². The molecular formula is C17H28N2. The van der Waals surface area contributed by atoms with Crippen molar-refractivity contribution in [1.82, 2.24) is 10.2 Å². The molecule has 1 heterocycles. The van der Waals surface area contributed by atoms with Gasteiger partial charge in [-0.1, -0.05) is 36.8 Å². The lowest BCUT2D eigenvalue weighted by Gasteiger charge is -2.31. The van der Waals surface area contributed by atoms with Crippen molar-refractivity contribution in [3.8, 4) is 0 Å². The minimum Gasteiger partial charge on any atom is -0.310 e. The Hall–Kier alpha value is -0.860. The number of hydrogen-bond acceptors (Lipinski definition) is 2. The van der Waals surface area contributed by atoms with E-state index in [0.717, 1.165) is 12.5 Å². The summed E-state index contributed by atoms with van der Waals surface area (Å²) >= 11 is 0. The van der Waals surface area contributed by atoms with E-state index in [-0.39, 0.29) is 0 Å². The van der Waals surface area contributed by atoms with E-state index in [2.05, 4.69) is 55.3 Å². The normalized spacial score (nSPS) is 19.5. The molecule has 0 radical (unpaired) electrons. The summed E-state index contributed by atoms with van der Waals surface area (Å²) < 4.78 is 0. The second-order valence-corrected chi connectivity index (χ2v) is 5.92. The second kappa shape index (κ2) is 7.06. The highest BCUT2D eigenvalue weighted by Gasteiger charge is 2.18. The third-order valence-electron chi connectivity index (χ3n) is 4.44. The van der Waals surface area contributed by atoms with Crippen LogP contribution in [0.3, 0.4) is 0 Å². The molecule has 0 aromatic heterocycles. The van der Waals surface area contributed by atoms with Gasteiger partial charge in [0.2, 0.25) is 0 Å². The zero-order valence-electron chi connectivity index (χ0n) is 12.7. The van der Waals surface area contributed by atoms with Gasteiger partial charge >= 0.3 is 0 Å². The van der Waals surface area contributed by atoms with Gasteiger partial charge in [0, 0.05) is 6.04 Å². The average Bonchev–Trinajstić information content (AvgIpc) is 2.46. The number of rotatable bonds is 5. The van der Waals surface area contributed by atoms with E-state index in [0.29, 0.717) is 6.04 Å². The van der Waals surface area contributed by atoms with Gasteiger partial charge in [-0.2, -0.15) is 0 Å². The van der Waals surface area contributed by atoms with Crippen LogP contribution in [-0.4, -0.2) is 31.1 Å². The molecule has 2 heteroatoms. The van der Waals surface area contributed by atoms with Gasteiger partial charge in [-0.25, -0.2) is 0 Å². The maximum absolute atomic E-state index is 3.70. The fourth-order valence-electron chi connectivity index (χ4n) is 2.82. The third-order valence-corrected chi connectivity index (χ3v) is 4.44. The maximum Gasteiger partial charge on any atom is 0.0291 e. The Morgan fingerprint density at radius 1 is 1.21 bits per heavy atom. The molecule has 1 fully saturated rings. The summed E-state index contributed by atoms with van der Waals surface area (Å²) in [4.78, 5) is 2.56. The Morgan fingerprint density at radius 3 is 2.42 bits per heavy atom. The minimum atomic E-state index is 0.463. The highest BCUT2D eigenvalue weighted by atomic mass is 15.1. The van der Waals surface area contributed by atoms with Gasteiger partial charge in [0.25, 0.3) is 0 Å². The fourth-order valence-corrected chi connectivity index (χ4v) is 2.82. The molecule has 2 rings (SSSR count). The molecular weight excluding hydrogens is 232 g/mol. The van der Waals surface area contributed by atoms with Crippen LogP contribution >= 0.6 is 0 Å². The zero-order chi connectivity index (χ0) is 13.7. The van der Waals surface area contributed by atoms with Gasteiger partial charge in [0.05, 0.1) is 0 Å². The molecule has 1 aromatic rings. The second-order valence-electron chi connectivity index (χ2n) is 5.92. The number of nitrogens with one attached hydrogen (secondary N) is 1. The predicted octanol–water partition coefficient (Wildman–Crippen LogP) is 3.38. The first kappa shape index (κ1) is 14.5. The van der Waals surface area contributed by atoms with Crippen LogP contribution in [0.15, 0.2) is 24.3 Å². The standard InChI is InChI=1S/C17H28N2/c1-4-19-11-9-16(10-12-19)13-18-15(3)17-7-5-14(2)6-8-17/h5-8,15-16,18H,4,9-13H2,1-3H3. The minimum absolute atomic E-state index is 0.463. The summed E-state index contributed by atoms with van der Waals surface area (Å²) in [6.45, 7) is 11.6. The van der Waals surface area contributed by atoms with Crippen LogP contribution in [0.5, 0.6) is 0 Å². The molecule has 1 aliphatic heterocycles. The largest absolute Gasteiger partial charge is 0.310 e. The summed E-state index contributed by atoms with van der Waals surface area (Å²) in [6, 6.07) is 9.35.